The molecule has 3 aromatic rings. The number of nitrogens with zero attached hydrogens (tertiary/aromatic N) is 1. The number of rotatable bonds is 5. The van der Waals surface area contributed by atoms with E-state index < -0.39 is 17.8 Å². The molecule has 0 bridgehead atoms. The zero-order valence-electron chi connectivity index (χ0n) is 19.6. The molecule has 0 aliphatic carbocycles. The number of amides is 4. The maximum atomic E-state index is 13.1. The van der Waals surface area contributed by atoms with E-state index in [1.165, 1.54) is 17.2 Å². The molecule has 0 atom stereocenters. The molecular formula is C28H26N2O4. The van der Waals surface area contributed by atoms with Crippen LogP contribution in [0.2, 0.25) is 0 Å². The lowest BCUT2D eigenvalue weighted by molar-refractivity contribution is -0.122. The summed E-state index contributed by atoms with van der Waals surface area (Å²) in [4.78, 5) is 39.1. The summed E-state index contributed by atoms with van der Waals surface area (Å²) in [6.07, 6.45) is 1.48. The molecule has 4 rings (SSSR count). The van der Waals surface area contributed by atoms with E-state index in [0.717, 1.165) is 21.6 Å². The van der Waals surface area contributed by atoms with Crippen molar-refractivity contribution in [2.75, 3.05) is 4.90 Å². The molecule has 1 aliphatic rings. The number of hydrogen-bond acceptors (Lipinski definition) is 4. The predicted molar refractivity (Wildman–Crippen MR) is 132 cm³/mol. The number of nitrogens with one attached hydrogen (secondary N) is 1. The average molecular weight is 455 g/mol. The van der Waals surface area contributed by atoms with E-state index in [1.807, 2.05) is 26.0 Å². The molecule has 0 radical (unpaired) electrons. The van der Waals surface area contributed by atoms with E-state index in [4.69, 9.17) is 4.74 Å². The highest BCUT2D eigenvalue weighted by Gasteiger charge is 2.37. The first-order chi connectivity index (χ1) is 16.2. The fraction of sp³-hybridized carbons (Fsp3) is 0.179. The Balaban J connectivity index is 1.54. The number of anilines is 1. The summed E-state index contributed by atoms with van der Waals surface area (Å²) in [5.41, 5.74) is 6.11. The Morgan fingerprint density at radius 1 is 0.824 bits per heavy atom. The molecule has 6 heteroatoms. The normalized spacial score (nSPS) is 15.0. The number of carbonyl (C=O) groups is 3. The minimum Gasteiger partial charge on any atom is -0.489 e. The maximum absolute atomic E-state index is 13.1. The van der Waals surface area contributed by atoms with E-state index in [-0.39, 0.29) is 5.57 Å². The van der Waals surface area contributed by atoms with Gasteiger partial charge in [-0.05, 0) is 74.2 Å². The van der Waals surface area contributed by atoms with Crippen LogP contribution in [0.25, 0.3) is 6.08 Å². The van der Waals surface area contributed by atoms with Crippen molar-refractivity contribution in [3.63, 3.8) is 0 Å². The second-order valence-corrected chi connectivity index (χ2v) is 8.60. The van der Waals surface area contributed by atoms with Crippen molar-refractivity contribution in [2.45, 2.75) is 34.3 Å². The molecule has 172 valence electrons. The van der Waals surface area contributed by atoms with Crippen LogP contribution in [0, 0.1) is 27.7 Å². The fourth-order valence-corrected chi connectivity index (χ4v) is 3.98. The molecule has 1 fully saturated rings. The summed E-state index contributed by atoms with van der Waals surface area (Å²) < 4.78 is 5.88. The van der Waals surface area contributed by atoms with E-state index >= 15 is 0 Å². The minimum absolute atomic E-state index is 0.107. The number of aryl methyl sites for hydroxylation is 4. The lowest BCUT2D eigenvalue weighted by Crippen LogP contribution is -2.54. The Morgan fingerprint density at radius 3 is 2.18 bits per heavy atom. The Bertz CT molecular complexity index is 1300. The van der Waals surface area contributed by atoms with Crippen LogP contribution in [0.4, 0.5) is 10.5 Å². The molecule has 0 saturated carbocycles. The molecule has 1 saturated heterocycles. The second kappa shape index (κ2) is 9.35. The molecule has 0 unspecified atom stereocenters. The number of hydrogen-bond donors (Lipinski definition) is 1. The molecule has 1 N–H and O–H groups in total. The van der Waals surface area contributed by atoms with Gasteiger partial charge >= 0.3 is 6.03 Å². The molecule has 6 nitrogen and oxygen atoms in total. The SMILES string of the molecule is Cc1cc(C)cc(COc2ccc(/C=C3\C(=O)NC(=O)N(c4cc(C)ccc4C)C3=O)cc2)c1. The maximum Gasteiger partial charge on any atom is 0.335 e. The van der Waals surface area contributed by atoms with E-state index in [0.29, 0.717) is 23.6 Å². The minimum atomic E-state index is -0.754. The van der Waals surface area contributed by atoms with Crippen molar-refractivity contribution in [1.29, 1.82) is 0 Å². The first-order valence-corrected chi connectivity index (χ1v) is 11.0. The van der Waals surface area contributed by atoms with Gasteiger partial charge in [0.2, 0.25) is 0 Å². The third-order valence-electron chi connectivity index (χ3n) is 5.59. The topological polar surface area (TPSA) is 75.7 Å². The first kappa shape index (κ1) is 23.0. The Kier molecular flexibility index (Phi) is 6.32. The van der Waals surface area contributed by atoms with Crippen molar-refractivity contribution in [3.8, 4) is 5.75 Å². The van der Waals surface area contributed by atoms with Gasteiger partial charge in [-0.1, -0.05) is 53.6 Å². The van der Waals surface area contributed by atoms with E-state index in [2.05, 4.69) is 37.4 Å². The van der Waals surface area contributed by atoms with Gasteiger partial charge in [-0.15, -0.1) is 0 Å². The number of benzene rings is 3. The largest absolute Gasteiger partial charge is 0.489 e. The van der Waals surface area contributed by atoms with E-state index in [9.17, 15) is 14.4 Å². The molecule has 1 aliphatic heterocycles. The fourth-order valence-electron chi connectivity index (χ4n) is 3.98. The molecular weight excluding hydrogens is 428 g/mol. The molecule has 0 spiro atoms. The monoisotopic (exact) mass is 454 g/mol. The van der Waals surface area contributed by atoms with Gasteiger partial charge in [-0.3, -0.25) is 14.9 Å². The number of ether oxygens (including phenoxy) is 1. The first-order valence-electron chi connectivity index (χ1n) is 11.0. The van der Waals surface area contributed by atoms with Crippen LogP contribution in [-0.2, 0) is 16.2 Å². The third-order valence-corrected chi connectivity index (χ3v) is 5.59. The van der Waals surface area contributed by atoms with Crippen molar-refractivity contribution < 1.29 is 19.1 Å². The number of barbiturate groups is 1. The lowest BCUT2D eigenvalue weighted by atomic mass is 10.0. The van der Waals surface area contributed by atoms with Crippen LogP contribution < -0.4 is 15.0 Å². The van der Waals surface area contributed by atoms with Gasteiger partial charge in [0, 0.05) is 0 Å². The van der Waals surface area contributed by atoms with Crippen LogP contribution in [0.5, 0.6) is 5.75 Å². The van der Waals surface area contributed by atoms with Gasteiger partial charge in [0.1, 0.15) is 17.9 Å². The number of urea groups is 1. The van der Waals surface area contributed by atoms with Gasteiger partial charge in [-0.2, -0.15) is 0 Å². The average Bonchev–Trinajstić information content (AvgIpc) is 2.77. The summed E-state index contributed by atoms with van der Waals surface area (Å²) in [6, 6.07) is 18.1. The molecule has 0 aromatic heterocycles. The Labute approximate surface area is 198 Å². The summed E-state index contributed by atoms with van der Waals surface area (Å²) in [5.74, 6) is -0.697. The highest BCUT2D eigenvalue weighted by molar-refractivity contribution is 6.39. The van der Waals surface area contributed by atoms with Crippen LogP contribution in [-0.4, -0.2) is 17.8 Å². The summed E-state index contributed by atoms with van der Waals surface area (Å²) >= 11 is 0. The highest BCUT2D eigenvalue weighted by atomic mass is 16.5. The Hall–Kier alpha value is -4.19. The van der Waals surface area contributed by atoms with Crippen molar-refractivity contribution in [2.24, 2.45) is 0 Å². The van der Waals surface area contributed by atoms with Crippen molar-refractivity contribution >= 4 is 29.6 Å². The summed E-state index contributed by atoms with van der Waals surface area (Å²) in [6.45, 7) is 8.23. The smallest absolute Gasteiger partial charge is 0.335 e. The van der Waals surface area contributed by atoms with Gasteiger partial charge in [0.25, 0.3) is 11.8 Å². The van der Waals surface area contributed by atoms with Crippen LogP contribution in [0.1, 0.15) is 33.4 Å². The number of imide groups is 2. The second-order valence-electron chi connectivity index (χ2n) is 8.60. The third kappa shape index (κ3) is 4.91. The summed E-state index contributed by atoms with van der Waals surface area (Å²) in [7, 11) is 0. The van der Waals surface area contributed by atoms with E-state index in [1.54, 1.807) is 30.3 Å². The summed E-state index contributed by atoms with van der Waals surface area (Å²) in [5, 5.41) is 2.27. The van der Waals surface area contributed by atoms with Gasteiger partial charge in [0.05, 0.1) is 5.69 Å². The van der Waals surface area contributed by atoms with Gasteiger partial charge < -0.3 is 4.74 Å². The van der Waals surface area contributed by atoms with Crippen LogP contribution in [0.15, 0.2) is 66.2 Å². The zero-order chi connectivity index (χ0) is 24.4. The Morgan fingerprint density at radius 2 is 1.50 bits per heavy atom. The number of carbonyl (C=O) groups excluding carboxylic acids is 3. The molecule has 34 heavy (non-hydrogen) atoms. The quantitative estimate of drug-likeness (QED) is 0.427. The van der Waals surface area contributed by atoms with Gasteiger partial charge in [-0.25, -0.2) is 9.69 Å². The molecule has 1 heterocycles. The van der Waals surface area contributed by atoms with Crippen LogP contribution >= 0.6 is 0 Å². The van der Waals surface area contributed by atoms with Gasteiger partial charge in [0.15, 0.2) is 0 Å². The van der Waals surface area contributed by atoms with Crippen molar-refractivity contribution in [3.05, 3.63) is 99.6 Å². The highest BCUT2D eigenvalue weighted by Crippen LogP contribution is 2.26. The predicted octanol–water partition coefficient (Wildman–Crippen LogP) is 5.17. The molecule has 4 amide bonds. The lowest BCUT2D eigenvalue weighted by Gasteiger charge is -2.27. The van der Waals surface area contributed by atoms with Crippen LogP contribution in [0.3, 0.4) is 0 Å². The molecule has 3 aromatic carbocycles. The standard InChI is InChI=1S/C28H26N2O4/c1-17-5-6-20(4)25(14-17)30-27(32)24(26(31)29-28(30)33)15-21-7-9-23(10-8-21)34-16-22-12-18(2)11-19(3)13-22/h5-15H,16H2,1-4H3,(H,29,31,33)/b24-15+. The van der Waals surface area contributed by atoms with Crippen molar-refractivity contribution in [1.82, 2.24) is 5.32 Å². The zero-order valence-corrected chi connectivity index (χ0v) is 19.6.